The molecule has 0 atom stereocenters. The number of hydrogen-bond acceptors (Lipinski definition) is 10. The van der Waals surface area contributed by atoms with Gasteiger partial charge in [-0.1, -0.05) is 23.8 Å². The van der Waals surface area contributed by atoms with Gasteiger partial charge >= 0.3 is 0 Å². The lowest BCUT2D eigenvalue weighted by atomic mass is 10.1. The van der Waals surface area contributed by atoms with Gasteiger partial charge in [0.1, 0.15) is 17.4 Å². The summed E-state index contributed by atoms with van der Waals surface area (Å²) in [6.07, 6.45) is 1.34. The molecule has 0 saturated heterocycles. The van der Waals surface area contributed by atoms with Gasteiger partial charge in [0.05, 0.1) is 40.9 Å². The van der Waals surface area contributed by atoms with E-state index in [1.54, 1.807) is 49.3 Å². The van der Waals surface area contributed by atoms with Crippen molar-refractivity contribution in [3.63, 3.8) is 0 Å². The number of amides is 2. The number of carbonyl (C=O) groups excluding carboxylic acids is 2. The highest BCUT2D eigenvalue weighted by Gasteiger charge is 2.24. The molecule has 0 radical (unpaired) electrons. The van der Waals surface area contributed by atoms with Gasteiger partial charge in [-0.25, -0.2) is 16.8 Å². The summed E-state index contributed by atoms with van der Waals surface area (Å²) in [4.78, 5) is 35.9. The molecule has 47 heavy (non-hydrogen) atoms. The summed E-state index contributed by atoms with van der Waals surface area (Å²) < 4.78 is 49.0. The molecule has 13 nitrogen and oxygen atoms in total. The molecule has 5 aromatic rings. The maximum absolute atomic E-state index is 14.9. The summed E-state index contributed by atoms with van der Waals surface area (Å²) >= 11 is 0. The number of aromatic nitrogens is 3. The summed E-state index contributed by atoms with van der Waals surface area (Å²) in [6, 6.07) is 16.9. The number of rotatable bonds is 11. The Balaban J connectivity index is 1.66. The molecule has 0 fully saturated rings. The first-order valence-electron chi connectivity index (χ1n) is 14.3. The van der Waals surface area contributed by atoms with Crippen LogP contribution in [0.4, 0.5) is 33.2 Å². The van der Waals surface area contributed by atoms with Crippen molar-refractivity contribution in [3.05, 3.63) is 89.9 Å². The van der Waals surface area contributed by atoms with Gasteiger partial charge in [0.15, 0.2) is 5.65 Å². The SMILES string of the molecule is CNC(=O)c1c(F)cccc1Nc1nc(Nc2cc(NC(=O)CN(C)C)ccc2OC)nc2c1ccn2S(=O)(=O)c1ccc(C)cc1. The summed E-state index contributed by atoms with van der Waals surface area (Å²) in [5.41, 5.74) is 1.53. The molecule has 0 aliphatic heterocycles. The van der Waals surface area contributed by atoms with E-state index in [9.17, 15) is 22.4 Å². The van der Waals surface area contributed by atoms with Crippen LogP contribution < -0.4 is 26.0 Å². The Morgan fingerprint density at radius 1 is 0.979 bits per heavy atom. The van der Waals surface area contributed by atoms with E-state index in [-0.39, 0.29) is 51.4 Å². The van der Waals surface area contributed by atoms with E-state index in [0.717, 1.165) is 15.6 Å². The summed E-state index contributed by atoms with van der Waals surface area (Å²) in [5, 5.41) is 11.6. The van der Waals surface area contributed by atoms with Gasteiger partial charge in [-0.3, -0.25) is 9.59 Å². The molecule has 0 saturated carbocycles. The van der Waals surface area contributed by atoms with E-state index in [1.165, 1.54) is 50.7 Å². The van der Waals surface area contributed by atoms with Crippen LogP contribution in [0.2, 0.25) is 0 Å². The number of ether oxygens (including phenoxy) is 1. The van der Waals surface area contributed by atoms with Gasteiger partial charge in [-0.2, -0.15) is 9.97 Å². The van der Waals surface area contributed by atoms with Crippen LogP contribution in [0.25, 0.3) is 11.0 Å². The minimum Gasteiger partial charge on any atom is -0.495 e. The Kier molecular flexibility index (Phi) is 9.39. The molecular weight excluding hydrogens is 627 g/mol. The Hall–Kier alpha value is -5.54. The quantitative estimate of drug-likeness (QED) is 0.159. The maximum atomic E-state index is 14.9. The van der Waals surface area contributed by atoms with Crippen LogP contribution in [0.3, 0.4) is 0 Å². The number of fused-ring (bicyclic) bond motifs is 1. The van der Waals surface area contributed by atoms with Crippen LogP contribution in [-0.4, -0.2) is 73.9 Å². The molecule has 0 spiro atoms. The number of likely N-dealkylation sites (N-methyl/N-ethyl adjacent to an activating group) is 1. The summed E-state index contributed by atoms with van der Waals surface area (Å²) in [7, 11) is 2.27. The lowest BCUT2D eigenvalue weighted by Gasteiger charge is -2.16. The number of nitrogens with zero attached hydrogens (tertiary/aromatic N) is 4. The Labute approximate surface area is 270 Å². The minimum atomic E-state index is -4.12. The molecule has 3 aromatic carbocycles. The smallest absolute Gasteiger partial charge is 0.269 e. The number of halogens is 1. The molecule has 0 unspecified atom stereocenters. The van der Waals surface area contributed by atoms with E-state index < -0.39 is 21.7 Å². The second-order valence-corrected chi connectivity index (χ2v) is 12.6. The van der Waals surface area contributed by atoms with Crippen molar-refractivity contribution in [2.24, 2.45) is 0 Å². The van der Waals surface area contributed by atoms with Gasteiger partial charge < -0.3 is 30.9 Å². The zero-order valence-corrected chi connectivity index (χ0v) is 27.1. The second kappa shape index (κ2) is 13.4. The van der Waals surface area contributed by atoms with Crippen LogP contribution in [-0.2, 0) is 14.8 Å². The molecule has 2 heterocycles. The first-order valence-corrected chi connectivity index (χ1v) is 15.7. The van der Waals surface area contributed by atoms with Crippen molar-refractivity contribution in [1.29, 1.82) is 0 Å². The van der Waals surface area contributed by atoms with Crippen molar-refractivity contribution in [3.8, 4) is 5.75 Å². The van der Waals surface area contributed by atoms with Crippen LogP contribution >= 0.6 is 0 Å². The number of methoxy groups -OCH3 is 1. The molecule has 0 aliphatic carbocycles. The third-order valence-electron chi connectivity index (χ3n) is 7.00. The van der Waals surface area contributed by atoms with Crippen molar-refractivity contribution >= 4 is 61.7 Å². The lowest BCUT2D eigenvalue weighted by Crippen LogP contribution is -2.27. The Bertz CT molecular complexity index is 2080. The van der Waals surface area contributed by atoms with Crippen molar-refractivity contribution in [2.75, 3.05) is 50.7 Å². The third-order valence-corrected chi connectivity index (χ3v) is 8.68. The van der Waals surface area contributed by atoms with Crippen molar-refractivity contribution < 1.29 is 27.1 Å². The van der Waals surface area contributed by atoms with Gasteiger partial charge in [0.25, 0.3) is 15.9 Å². The molecule has 4 N–H and O–H groups in total. The average molecular weight is 661 g/mol. The fraction of sp³-hybridized carbons (Fsp3) is 0.188. The highest BCUT2D eigenvalue weighted by Crippen LogP contribution is 2.34. The van der Waals surface area contributed by atoms with Crippen molar-refractivity contribution in [2.45, 2.75) is 11.8 Å². The van der Waals surface area contributed by atoms with Crippen LogP contribution in [0, 0.1) is 12.7 Å². The van der Waals surface area contributed by atoms with E-state index in [4.69, 9.17) is 4.74 Å². The van der Waals surface area contributed by atoms with Gasteiger partial charge in [0, 0.05) is 18.9 Å². The predicted molar refractivity (Wildman–Crippen MR) is 178 cm³/mol. The van der Waals surface area contributed by atoms with Gasteiger partial charge in [-0.15, -0.1) is 0 Å². The highest BCUT2D eigenvalue weighted by atomic mass is 32.2. The molecule has 0 bridgehead atoms. The lowest BCUT2D eigenvalue weighted by molar-refractivity contribution is -0.116. The molecule has 5 rings (SSSR count). The van der Waals surface area contributed by atoms with Crippen LogP contribution in [0.1, 0.15) is 15.9 Å². The normalized spacial score (nSPS) is 11.4. The zero-order chi connectivity index (χ0) is 33.9. The Morgan fingerprint density at radius 2 is 1.72 bits per heavy atom. The van der Waals surface area contributed by atoms with Crippen molar-refractivity contribution in [1.82, 2.24) is 24.2 Å². The summed E-state index contributed by atoms with van der Waals surface area (Å²) in [6.45, 7) is 2.01. The topological polar surface area (TPSA) is 160 Å². The standard InChI is InChI=1S/C32H33FN8O5S/c1-19-9-12-21(13-10-19)47(44,45)41-16-15-22-29(36-24-8-6-7-23(33)28(24)31(43)34-2)38-32(39-30(22)41)37-25-17-20(11-14-26(25)46-5)35-27(42)18-40(3)4/h6-17H,18H2,1-5H3,(H,34,43)(H,35,42)(H2,36,37,38,39). The average Bonchev–Trinajstić information content (AvgIpc) is 3.46. The first kappa shape index (κ1) is 32.8. The van der Waals surface area contributed by atoms with E-state index in [0.29, 0.717) is 17.1 Å². The molecular formula is C32H33FN8O5S. The molecule has 15 heteroatoms. The molecule has 2 amide bonds. The molecule has 2 aromatic heterocycles. The third kappa shape index (κ3) is 7.00. The first-order chi connectivity index (χ1) is 22.4. The molecule has 0 aliphatic rings. The minimum absolute atomic E-state index is 0.00196. The molecule has 244 valence electrons. The van der Waals surface area contributed by atoms with Crippen LogP contribution in [0.15, 0.2) is 77.8 Å². The summed E-state index contributed by atoms with van der Waals surface area (Å²) in [5.74, 6) is -1.28. The highest BCUT2D eigenvalue weighted by molar-refractivity contribution is 7.90. The number of benzene rings is 3. The predicted octanol–water partition coefficient (Wildman–Crippen LogP) is 4.47. The monoisotopic (exact) mass is 660 g/mol. The largest absolute Gasteiger partial charge is 0.495 e. The maximum Gasteiger partial charge on any atom is 0.269 e. The number of anilines is 5. The van der Waals surface area contributed by atoms with Gasteiger partial charge in [-0.05, 0) is 69.6 Å². The Morgan fingerprint density at radius 3 is 2.40 bits per heavy atom. The zero-order valence-electron chi connectivity index (χ0n) is 26.3. The number of carbonyl (C=O) groups is 2. The van der Waals surface area contributed by atoms with E-state index in [2.05, 4.69) is 31.2 Å². The number of hydrogen-bond donors (Lipinski definition) is 4. The second-order valence-electron chi connectivity index (χ2n) is 10.8. The van der Waals surface area contributed by atoms with E-state index >= 15 is 0 Å². The fourth-order valence-electron chi connectivity index (χ4n) is 4.76. The number of nitrogens with one attached hydrogen (secondary N) is 4. The van der Waals surface area contributed by atoms with Gasteiger partial charge in [0.2, 0.25) is 11.9 Å². The van der Waals surface area contributed by atoms with E-state index in [1.807, 2.05) is 6.92 Å². The number of aryl methyl sites for hydroxylation is 1. The fourth-order valence-corrected chi connectivity index (χ4v) is 6.06. The van der Waals surface area contributed by atoms with Crippen LogP contribution in [0.5, 0.6) is 5.75 Å².